The highest BCUT2D eigenvalue weighted by atomic mass is 16.6. The highest BCUT2D eigenvalue weighted by Crippen LogP contribution is 2.19. The van der Waals surface area contributed by atoms with Gasteiger partial charge in [0.15, 0.2) is 0 Å². The smallest absolute Gasteiger partial charge is 0.282 e. The summed E-state index contributed by atoms with van der Waals surface area (Å²) < 4.78 is 5.05. The third kappa shape index (κ3) is 3.07. The van der Waals surface area contributed by atoms with Crippen LogP contribution >= 0.6 is 0 Å². The largest absolute Gasteiger partial charge is 0.386 e. The molecule has 0 radical (unpaired) electrons. The summed E-state index contributed by atoms with van der Waals surface area (Å²) in [5.41, 5.74) is -1.36. The molecule has 1 fully saturated rings. The quantitative estimate of drug-likeness (QED) is 0.609. The first-order chi connectivity index (χ1) is 9.02. The third-order valence-corrected chi connectivity index (χ3v) is 3.01. The van der Waals surface area contributed by atoms with Gasteiger partial charge in [0.25, 0.3) is 11.6 Å². The zero-order chi connectivity index (χ0) is 13.9. The number of nitrogens with one attached hydrogen (secondary N) is 1. The number of para-hydroxylation sites is 1. The van der Waals surface area contributed by atoms with Crippen LogP contribution in [0.3, 0.4) is 0 Å². The van der Waals surface area contributed by atoms with E-state index in [0.29, 0.717) is 13.0 Å². The number of hydrogen-bond acceptors (Lipinski definition) is 5. The lowest BCUT2D eigenvalue weighted by Crippen LogP contribution is -2.43. The van der Waals surface area contributed by atoms with Gasteiger partial charge in [0.05, 0.1) is 11.5 Å². The van der Waals surface area contributed by atoms with Crippen molar-refractivity contribution in [1.82, 2.24) is 5.32 Å². The predicted molar refractivity (Wildman–Crippen MR) is 65.8 cm³/mol. The second kappa shape index (κ2) is 5.33. The number of ether oxygens (including phenoxy) is 1. The van der Waals surface area contributed by atoms with Gasteiger partial charge in [-0.15, -0.1) is 0 Å². The Kier molecular flexibility index (Phi) is 3.77. The number of carbonyl (C=O) groups excluding carboxylic acids is 1. The van der Waals surface area contributed by atoms with E-state index in [4.69, 9.17) is 4.74 Å². The van der Waals surface area contributed by atoms with Crippen molar-refractivity contribution in [2.75, 3.05) is 19.8 Å². The Morgan fingerprint density at radius 1 is 1.53 bits per heavy atom. The van der Waals surface area contributed by atoms with E-state index in [1.54, 1.807) is 6.07 Å². The minimum atomic E-state index is -1.08. The number of benzene rings is 1. The number of aliphatic hydroxyl groups is 1. The lowest BCUT2D eigenvalue weighted by atomic mass is 10.0. The molecule has 0 aliphatic carbocycles. The molecule has 1 aliphatic rings. The van der Waals surface area contributed by atoms with Gasteiger partial charge in [-0.2, -0.15) is 0 Å². The van der Waals surface area contributed by atoms with Crippen molar-refractivity contribution in [3.63, 3.8) is 0 Å². The van der Waals surface area contributed by atoms with E-state index >= 15 is 0 Å². The number of nitro benzene ring substituents is 1. The van der Waals surface area contributed by atoms with Crippen molar-refractivity contribution in [2.45, 2.75) is 12.0 Å². The Balaban J connectivity index is 2.06. The van der Waals surface area contributed by atoms with Crippen LogP contribution in [0.5, 0.6) is 0 Å². The predicted octanol–water partition coefficient (Wildman–Crippen LogP) is 0.476. The minimum Gasteiger partial charge on any atom is -0.386 e. The fraction of sp³-hybridized carbons (Fsp3) is 0.417. The van der Waals surface area contributed by atoms with Crippen molar-refractivity contribution in [3.05, 3.63) is 39.9 Å². The van der Waals surface area contributed by atoms with Gasteiger partial charge in [0.2, 0.25) is 0 Å². The third-order valence-electron chi connectivity index (χ3n) is 3.01. The topological polar surface area (TPSA) is 102 Å². The molecule has 2 rings (SSSR count). The number of hydrogen-bond donors (Lipinski definition) is 2. The Hall–Kier alpha value is -1.99. The van der Waals surface area contributed by atoms with E-state index in [2.05, 4.69) is 5.32 Å². The maximum Gasteiger partial charge on any atom is 0.282 e. The Labute approximate surface area is 109 Å². The fourth-order valence-corrected chi connectivity index (χ4v) is 1.90. The van der Waals surface area contributed by atoms with Crippen LogP contribution in [0.15, 0.2) is 24.3 Å². The zero-order valence-corrected chi connectivity index (χ0v) is 10.2. The van der Waals surface area contributed by atoms with Gasteiger partial charge in [-0.3, -0.25) is 14.9 Å². The molecule has 7 nitrogen and oxygen atoms in total. The van der Waals surface area contributed by atoms with Gasteiger partial charge in [0, 0.05) is 25.6 Å². The van der Waals surface area contributed by atoms with Gasteiger partial charge in [-0.05, 0) is 6.07 Å². The van der Waals surface area contributed by atoms with Crippen molar-refractivity contribution in [2.24, 2.45) is 0 Å². The maximum absolute atomic E-state index is 11.9. The van der Waals surface area contributed by atoms with Crippen molar-refractivity contribution in [1.29, 1.82) is 0 Å². The molecule has 1 aromatic carbocycles. The SMILES string of the molecule is O=C(NCC1(O)CCOC1)c1ccccc1[N+](=O)[O-]. The van der Waals surface area contributed by atoms with Crippen LogP contribution in [-0.2, 0) is 4.74 Å². The minimum absolute atomic E-state index is 0.0118. The molecule has 0 spiro atoms. The molecule has 1 amide bonds. The summed E-state index contributed by atoms with van der Waals surface area (Å²) in [7, 11) is 0. The molecule has 0 saturated carbocycles. The molecule has 1 unspecified atom stereocenters. The molecule has 102 valence electrons. The number of carbonyl (C=O) groups is 1. The zero-order valence-electron chi connectivity index (χ0n) is 10.2. The standard InChI is InChI=1S/C12H14N2O5/c15-11(13-7-12(16)5-6-19-8-12)9-3-1-2-4-10(9)14(17)18/h1-4,16H,5-8H2,(H,13,15). The van der Waals surface area contributed by atoms with Crippen LogP contribution in [0.4, 0.5) is 5.69 Å². The Morgan fingerprint density at radius 2 is 2.26 bits per heavy atom. The molecule has 19 heavy (non-hydrogen) atoms. The molecule has 1 saturated heterocycles. The van der Waals surface area contributed by atoms with Gasteiger partial charge in [-0.25, -0.2) is 0 Å². The average molecular weight is 266 g/mol. The van der Waals surface area contributed by atoms with Crippen LogP contribution in [0.1, 0.15) is 16.8 Å². The summed E-state index contributed by atoms with van der Waals surface area (Å²) in [5.74, 6) is -0.576. The van der Waals surface area contributed by atoms with Crippen LogP contribution in [0.25, 0.3) is 0 Å². The van der Waals surface area contributed by atoms with Crippen LogP contribution in [0.2, 0.25) is 0 Å². The molecule has 0 bridgehead atoms. The van der Waals surface area contributed by atoms with E-state index < -0.39 is 16.4 Å². The van der Waals surface area contributed by atoms with Crippen LogP contribution in [-0.4, -0.2) is 41.3 Å². The first kappa shape index (κ1) is 13.4. The molecule has 0 aromatic heterocycles. The van der Waals surface area contributed by atoms with Crippen molar-refractivity contribution >= 4 is 11.6 Å². The summed E-state index contributed by atoms with van der Waals surface area (Å²) in [6, 6.07) is 5.69. The second-order valence-corrected chi connectivity index (χ2v) is 4.48. The van der Waals surface area contributed by atoms with E-state index in [1.807, 2.05) is 0 Å². The molecular weight excluding hydrogens is 252 g/mol. The number of amides is 1. The summed E-state index contributed by atoms with van der Waals surface area (Å²) >= 11 is 0. The summed E-state index contributed by atoms with van der Waals surface area (Å²) in [6.07, 6.45) is 0.435. The highest BCUT2D eigenvalue weighted by Gasteiger charge is 2.33. The molecule has 1 aliphatic heterocycles. The lowest BCUT2D eigenvalue weighted by molar-refractivity contribution is -0.385. The molecular formula is C12H14N2O5. The van der Waals surface area contributed by atoms with E-state index in [9.17, 15) is 20.0 Å². The molecule has 7 heteroatoms. The molecule has 1 atom stereocenters. The lowest BCUT2D eigenvalue weighted by Gasteiger charge is -2.20. The molecule has 1 aromatic rings. The summed E-state index contributed by atoms with van der Waals surface area (Å²) in [4.78, 5) is 22.1. The number of nitrogens with zero attached hydrogens (tertiary/aromatic N) is 1. The average Bonchev–Trinajstić information content (AvgIpc) is 2.83. The first-order valence-corrected chi connectivity index (χ1v) is 5.84. The van der Waals surface area contributed by atoms with E-state index in [1.165, 1.54) is 18.2 Å². The highest BCUT2D eigenvalue weighted by molar-refractivity contribution is 5.98. The van der Waals surface area contributed by atoms with Gasteiger partial charge in [0.1, 0.15) is 11.2 Å². The van der Waals surface area contributed by atoms with Crippen molar-refractivity contribution in [3.8, 4) is 0 Å². The molecule has 1 heterocycles. The van der Waals surface area contributed by atoms with Gasteiger partial charge < -0.3 is 15.2 Å². The van der Waals surface area contributed by atoms with Gasteiger partial charge >= 0.3 is 0 Å². The first-order valence-electron chi connectivity index (χ1n) is 5.84. The van der Waals surface area contributed by atoms with E-state index in [-0.39, 0.29) is 24.4 Å². The number of nitro groups is 1. The Bertz CT molecular complexity index is 497. The number of rotatable bonds is 4. The monoisotopic (exact) mass is 266 g/mol. The fourth-order valence-electron chi connectivity index (χ4n) is 1.90. The van der Waals surface area contributed by atoms with Crippen LogP contribution < -0.4 is 5.32 Å². The maximum atomic E-state index is 11.9. The van der Waals surface area contributed by atoms with Gasteiger partial charge in [-0.1, -0.05) is 12.1 Å². The van der Waals surface area contributed by atoms with Crippen LogP contribution in [0, 0.1) is 10.1 Å². The second-order valence-electron chi connectivity index (χ2n) is 4.48. The van der Waals surface area contributed by atoms with Crippen molar-refractivity contribution < 1.29 is 19.6 Å². The Morgan fingerprint density at radius 3 is 2.89 bits per heavy atom. The normalized spacial score (nSPS) is 22.2. The molecule has 2 N–H and O–H groups in total. The van der Waals surface area contributed by atoms with E-state index in [0.717, 1.165) is 0 Å². The summed E-state index contributed by atoms with van der Waals surface area (Å²) in [6.45, 7) is 0.611. The summed E-state index contributed by atoms with van der Waals surface area (Å²) in [5, 5.41) is 23.3.